The van der Waals surface area contributed by atoms with Crippen LogP contribution in [0.5, 0.6) is 0 Å². The Bertz CT molecular complexity index is 584. The molecule has 106 valence electrons. The van der Waals surface area contributed by atoms with Crippen LogP contribution in [0.1, 0.15) is 37.1 Å². The SMILES string of the molecule is CC(NC(C)c1cc(F)ccc1F)c1ccc(Cl)cc1. The largest absolute Gasteiger partial charge is 0.304 e. The molecule has 0 saturated carbocycles. The Labute approximate surface area is 122 Å². The summed E-state index contributed by atoms with van der Waals surface area (Å²) in [6.45, 7) is 3.78. The molecule has 2 aromatic carbocycles. The first kappa shape index (κ1) is 14.9. The molecule has 0 radical (unpaired) electrons. The lowest BCUT2D eigenvalue weighted by Crippen LogP contribution is -2.23. The molecule has 0 bridgehead atoms. The first-order chi connectivity index (χ1) is 9.47. The third kappa shape index (κ3) is 3.56. The van der Waals surface area contributed by atoms with E-state index in [1.54, 1.807) is 0 Å². The molecule has 0 aliphatic rings. The van der Waals surface area contributed by atoms with Crippen molar-refractivity contribution in [3.05, 3.63) is 70.2 Å². The molecule has 2 aromatic rings. The van der Waals surface area contributed by atoms with Crippen LogP contribution in [-0.4, -0.2) is 0 Å². The Morgan fingerprint density at radius 2 is 1.60 bits per heavy atom. The van der Waals surface area contributed by atoms with Crippen molar-refractivity contribution in [1.82, 2.24) is 5.32 Å². The van der Waals surface area contributed by atoms with Gasteiger partial charge in [-0.25, -0.2) is 8.78 Å². The van der Waals surface area contributed by atoms with E-state index >= 15 is 0 Å². The minimum absolute atomic E-state index is 0.00457. The fourth-order valence-electron chi connectivity index (χ4n) is 2.16. The fourth-order valence-corrected chi connectivity index (χ4v) is 2.28. The van der Waals surface area contributed by atoms with Gasteiger partial charge in [-0.05, 0) is 49.7 Å². The molecule has 0 amide bonds. The van der Waals surface area contributed by atoms with Gasteiger partial charge in [-0.1, -0.05) is 23.7 Å². The number of nitrogens with one attached hydrogen (secondary N) is 1. The molecule has 2 atom stereocenters. The summed E-state index contributed by atoms with van der Waals surface area (Å²) in [4.78, 5) is 0. The number of hydrogen-bond donors (Lipinski definition) is 1. The Morgan fingerprint density at radius 3 is 2.25 bits per heavy atom. The summed E-state index contributed by atoms with van der Waals surface area (Å²) in [5.74, 6) is -0.844. The maximum Gasteiger partial charge on any atom is 0.128 e. The highest BCUT2D eigenvalue weighted by molar-refractivity contribution is 6.30. The first-order valence-corrected chi connectivity index (χ1v) is 6.81. The monoisotopic (exact) mass is 295 g/mol. The van der Waals surface area contributed by atoms with E-state index in [0.717, 1.165) is 17.7 Å². The van der Waals surface area contributed by atoms with Gasteiger partial charge in [0.05, 0.1) is 0 Å². The molecule has 4 heteroatoms. The predicted molar refractivity (Wildman–Crippen MR) is 77.8 cm³/mol. The van der Waals surface area contributed by atoms with E-state index in [4.69, 9.17) is 11.6 Å². The van der Waals surface area contributed by atoms with Gasteiger partial charge in [-0.2, -0.15) is 0 Å². The van der Waals surface area contributed by atoms with Gasteiger partial charge in [0.2, 0.25) is 0 Å². The maximum absolute atomic E-state index is 13.7. The molecule has 0 heterocycles. The van der Waals surface area contributed by atoms with Crippen LogP contribution < -0.4 is 5.32 Å². The van der Waals surface area contributed by atoms with Crippen molar-refractivity contribution >= 4 is 11.6 Å². The summed E-state index contributed by atoms with van der Waals surface area (Å²) in [7, 11) is 0. The molecule has 0 saturated heterocycles. The quantitative estimate of drug-likeness (QED) is 0.834. The number of benzene rings is 2. The highest BCUT2D eigenvalue weighted by Gasteiger charge is 2.15. The van der Waals surface area contributed by atoms with E-state index < -0.39 is 11.6 Å². The molecule has 0 spiro atoms. The van der Waals surface area contributed by atoms with Crippen LogP contribution in [0.15, 0.2) is 42.5 Å². The van der Waals surface area contributed by atoms with Crippen molar-refractivity contribution in [3.63, 3.8) is 0 Å². The molecule has 1 N–H and O–H groups in total. The molecule has 2 rings (SSSR count). The standard InChI is InChI=1S/C16H16ClF2N/c1-10(12-3-5-13(17)6-4-12)20-11(2)15-9-14(18)7-8-16(15)19/h3-11,20H,1-2H3. The number of halogens is 3. The van der Waals surface area contributed by atoms with Gasteiger partial charge in [0.1, 0.15) is 11.6 Å². The molecule has 0 aliphatic heterocycles. The lowest BCUT2D eigenvalue weighted by Gasteiger charge is -2.21. The van der Waals surface area contributed by atoms with Gasteiger partial charge in [0.25, 0.3) is 0 Å². The minimum Gasteiger partial charge on any atom is -0.304 e. The van der Waals surface area contributed by atoms with E-state index in [9.17, 15) is 8.78 Å². The van der Waals surface area contributed by atoms with Crippen molar-refractivity contribution in [3.8, 4) is 0 Å². The minimum atomic E-state index is -0.436. The summed E-state index contributed by atoms with van der Waals surface area (Å²) in [5.41, 5.74) is 1.36. The summed E-state index contributed by atoms with van der Waals surface area (Å²) in [5, 5.41) is 3.92. The molecule has 1 nitrogen and oxygen atoms in total. The Morgan fingerprint density at radius 1 is 0.950 bits per heavy atom. The predicted octanol–water partition coefficient (Wildman–Crippen LogP) is 5.03. The highest BCUT2D eigenvalue weighted by atomic mass is 35.5. The smallest absolute Gasteiger partial charge is 0.128 e. The Hall–Kier alpha value is -1.45. The van der Waals surface area contributed by atoms with Crippen molar-refractivity contribution in [2.75, 3.05) is 0 Å². The van der Waals surface area contributed by atoms with Crippen LogP contribution in [0, 0.1) is 11.6 Å². The summed E-state index contributed by atoms with van der Waals surface area (Å²) < 4.78 is 26.9. The van der Waals surface area contributed by atoms with Crippen LogP contribution >= 0.6 is 11.6 Å². The van der Waals surface area contributed by atoms with Gasteiger partial charge < -0.3 is 5.32 Å². The van der Waals surface area contributed by atoms with Gasteiger partial charge >= 0.3 is 0 Å². The molecule has 20 heavy (non-hydrogen) atoms. The molecular formula is C16H16ClF2N. The van der Waals surface area contributed by atoms with Gasteiger partial charge in [0.15, 0.2) is 0 Å². The van der Waals surface area contributed by atoms with E-state index in [1.165, 1.54) is 6.07 Å². The van der Waals surface area contributed by atoms with Crippen LogP contribution in [0.4, 0.5) is 8.78 Å². The Kier molecular flexibility index (Phi) is 4.73. The van der Waals surface area contributed by atoms with Crippen LogP contribution in [-0.2, 0) is 0 Å². The highest BCUT2D eigenvalue weighted by Crippen LogP contribution is 2.23. The molecule has 0 aromatic heterocycles. The lowest BCUT2D eigenvalue weighted by molar-refractivity contribution is 0.470. The second kappa shape index (κ2) is 6.33. The summed E-state index contributed by atoms with van der Waals surface area (Å²) in [6, 6.07) is 10.6. The van der Waals surface area contributed by atoms with E-state index in [-0.39, 0.29) is 12.1 Å². The van der Waals surface area contributed by atoms with Gasteiger partial charge in [-0.3, -0.25) is 0 Å². The average Bonchev–Trinajstić information content (AvgIpc) is 2.42. The first-order valence-electron chi connectivity index (χ1n) is 6.44. The second-order valence-electron chi connectivity index (χ2n) is 4.83. The zero-order chi connectivity index (χ0) is 14.7. The number of rotatable bonds is 4. The third-order valence-corrected chi connectivity index (χ3v) is 3.55. The van der Waals surface area contributed by atoms with E-state index in [0.29, 0.717) is 10.6 Å². The fraction of sp³-hybridized carbons (Fsp3) is 0.250. The third-order valence-electron chi connectivity index (χ3n) is 3.29. The van der Waals surface area contributed by atoms with Crippen LogP contribution in [0.3, 0.4) is 0 Å². The average molecular weight is 296 g/mol. The van der Waals surface area contributed by atoms with Gasteiger partial charge in [0, 0.05) is 22.7 Å². The maximum atomic E-state index is 13.7. The van der Waals surface area contributed by atoms with Gasteiger partial charge in [-0.15, -0.1) is 0 Å². The van der Waals surface area contributed by atoms with Crippen molar-refractivity contribution in [1.29, 1.82) is 0 Å². The van der Waals surface area contributed by atoms with E-state index in [1.807, 2.05) is 38.1 Å². The van der Waals surface area contributed by atoms with E-state index in [2.05, 4.69) is 5.32 Å². The second-order valence-corrected chi connectivity index (χ2v) is 5.26. The number of hydrogen-bond acceptors (Lipinski definition) is 1. The zero-order valence-corrected chi connectivity index (χ0v) is 12.1. The van der Waals surface area contributed by atoms with Crippen molar-refractivity contribution in [2.45, 2.75) is 25.9 Å². The molecule has 0 fully saturated rings. The Balaban J connectivity index is 2.12. The zero-order valence-electron chi connectivity index (χ0n) is 11.3. The summed E-state index contributed by atoms with van der Waals surface area (Å²) in [6.07, 6.45) is 0. The topological polar surface area (TPSA) is 12.0 Å². The molecule has 2 unspecified atom stereocenters. The molecular weight excluding hydrogens is 280 g/mol. The lowest BCUT2D eigenvalue weighted by atomic mass is 10.0. The van der Waals surface area contributed by atoms with Crippen LogP contribution in [0.25, 0.3) is 0 Å². The van der Waals surface area contributed by atoms with Crippen LogP contribution in [0.2, 0.25) is 5.02 Å². The normalized spacial score (nSPS) is 14.1. The van der Waals surface area contributed by atoms with Crippen molar-refractivity contribution in [2.24, 2.45) is 0 Å². The van der Waals surface area contributed by atoms with Crippen molar-refractivity contribution < 1.29 is 8.78 Å². The summed E-state index contributed by atoms with van der Waals surface area (Å²) >= 11 is 5.84. The molecule has 0 aliphatic carbocycles.